The summed E-state index contributed by atoms with van der Waals surface area (Å²) in [6, 6.07) is 0.348. The number of nitrogens with two attached hydrogens (primary N) is 1. The van der Waals surface area contributed by atoms with Gasteiger partial charge in [-0.25, -0.2) is 4.79 Å². The Balaban J connectivity index is 2.09. The quantitative estimate of drug-likeness (QED) is 0.627. The second-order valence-corrected chi connectivity index (χ2v) is 4.18. The van der Waals surface area contributed by atoms with Gasteiger partial charge in [-0.05, 0) is 25.3 Å². The van der Waals surface area contributed by atoms with E-state index in [0.29, 0.717) is 25.0 Å². The molecule has 0 radical (unpaired) electrons. The van der Waals surface area contributed by atoms with Gasteiger partial charge in [0, 0.05) is 12.6 Å². The Morgan fingerprint density at radius 1 is 1.50 bits per heavy atom. The molecule has 1 atom stereocenters. The van der Waals surface area contributed by atoms with E-state index in [0.717, 1.165) is 12.8 Å². The van der Waals surface area contributed by atoms with Gasteiger partial charge in [-0.1, -0.05) is 19.8 Å². The number of amides is 2. The topological polar surface area (TPSA) is 67.1 Å². The third-order valence-corrected chi connectivity index (χ3v) is 2.70. The second-order valence-electron chi connectivity index (χ2n) is 4.18. The molecule has 0 bridgehead atoms. The first-order chi connectivity index (χ1) is 6.72. The van der Waals surface area contributed by atoms with Gasteiger partial charge in [0.15, 0.2) is 0 Å². The summed E-state index contributed by atoms with van der Waals surface area (Å²) < 4.78 is 0. The summed E-state index contributed by atoms with van der Waals surface area (Å²) >= 11 is 0. The number of hydrogen-bond acceptors (Lipinski definition) is 2. The molecule has 0 saturated heterocycles. The van der Waals surface area contributed by atoms with Crippen LogP contribution in [0.1, 0.15) is 32.6 Å². The molecule has 4 N–H and O–H groups in total. The fourth-order valence-corrected chi connectivity index (χ4v) is 1.66. The van der Waals surface area contributed by atoms with Gasteiger partial charge in [-0.15, -0.1) is 0 Å². The summed E-state index contributed by atoms with van der Waals surface area (Å²) in [4.78, 5) is 11.4. The summed E-state index contributed by atoms with van der Waals surface area (Å²) in [5.74, 6) is 0.351. The molecule has 0 aromatic heterocycles. The van der Waals surface area contributed by atoms with Crippen molar-refractivity contribution in [2.75, 3.05) is 13.1 Å². The van der Waals surface area contributed by atoms with Crippen molar-refractivity contribution in [1.82, 2.24) is 10.6 Å². The van der Waals surface area contributed by atoms with Gasteiger partial charge in [0.2, 0.25) is 0 Å². The molecule has 1 aliphatic carbocycles. The SMILES string of the molecule is CC(CN)CNC(=O)NC1CCCC1. The van der Waals surface area contributed by atoms with E-state index in [1.807, 2.05) is 6.92 Å². The van der Waals surface area contributed by atoms with Gasteiger partial charge < -0.3 is 16.4 Å². The molecule has 0 spiro atoms. The molecule has 0 aromatic carbocycles. The van der Waals surface area contributed by atoms with Gasteiger partial charge in [0.05, 0.1) is 0 Å². The molecule has 0 aromatic rings. The van der Waals surface area contributed by atoms with Crippen molar-refractivity contribution >= 4 is 6.03 Å². The summed E-state index contributed by atoms with van der Waals surface area (Å²) in [6.07, 6.45) is 4.73. The van der Waals surface area contributed by atoms with Crippen LogP contribution in [0.4, 0.5) is 4.79 Å². The summed E-state index contributed by atoms with van der Waals surface area (Å²) in [5.41, 5.74) is 5.45. The minimum absolute atomic E-state index is 0.0443. The Hall–Kier alpha value is -0.770. The number of nitrogens with one attached hydrogen (secondary N) is 2. The molecule has 14 heavy (non-hydrogen) atoms. The smallest absolute Gasteiger partial charge is 0.315 e. The predicted octanol–water partition coefficient (Wildman–Crippen LogP) is 0.823. The molecule has 1 saturated carbocycles. The first-order valence-corrected chi connectivity index (χ1v) is 5.46. The van der Waals surface area contributed by atoms with E-state index in [4.69, 9.17) is 5.73 Å². The Morgan fingerprint density at radius 2 is 2.14 bits per heavy atom. The molecule has 2 amide bonds. The van der Waals surface area contributed by atoms with Crippen LogP contribution >= 0.6 is 0 Å². The standard InChI is InChI=1S/C10H21N3O/c1-8(6-11)7-12-10(14)13-9-4-2-3-5-9/h8-9H,2-7,11H2,1H3,(H2,12,13,14). The van der Waals surface area contributed by atoms with E-state index in [2.05, 4.69) is 10.6 Å². The lowest BCUT2D eigenvalue weighted by Crippen LogP contribution is -2.43. The van der Waals surface area contributed by atoms with Crippen LogP contribution in [-0.2, 0) is 0 Å². The van der Waals surface area contributed by atoms with Gasteiger partial charge in [0.1, 0.15) is 0 Å². The maximum Gasteiger partial charge on any atom is 0.315 e. The Labute approximate surface area is 85.6 Å². The molecular weight excluding hydrogens is 178 g/mol. The third kappa shape index (κ3) is 3.96. The van der Waals surface area contributed by atoms with Crippen LogP contribution in [0, 0.1) is 5.92 Å². The lowest BCUT2D eigenvalue weighted by Gasteiger charge is -2.14. The molecule has 4 heteroatoms. The fraction of sp³-hybridized carbons (Fsp3) is 0.900. The zero-order chi connectivity index (χ0) is 10.4. The van der Waals surface area contributed by atoms with Crippen LogP contribution in [0.3, 0.4) is 0 Å². The summed E-state index contributed by atoms with van der Waals surface area (Å²) in [5, 5.41) is 5.80. The van der Waals surface area contributed by atoms with Gasteiger partial charge in [-0.3, -0.25) is 0 Å². The zero-order valence-corrected chi connectivity index (χ0v) is 8.88. The average Bonchev–Trinajstić information content (AvgIpc) is 2.66. The fourth-order valence-electron chi connectivity index (χ4n) is 1.66. The van der Waals surface area contributed by atoms with Crippen molar-refractivity contribution in [3.8, 4) is 0 Å². The van der Waals surface area contributed by atoms with Gasteiger partial charge in [0.25, 0.3) is 0 Å². The third-order valence-electron chi connectivity index (χ3n) is 2.70. The molecule has 0 aliphatic heterocycles. The second kappa shape index (κ2) is 5.86. The van der Waals surface area contributed by atoms with E-state index in [1.165, 1.54) is 12.8 Å². The molecular formula is C10H21N3O. The number of urea groups is 1. The predicted molar refractivity (Wildman–Crippen MR) is 57.0 cm³/mol. The summed E-state index contributed by atoms with van der Waals surface area (Å²) in [6.45, 7) is 3.30. The Bertz CT molecular complexity index is 178. The first kappa shape index (κ1) is 11.3. The largest absolute Gasteiger partial charge is 0.338 e. The van der Waals surface area contributed by atoms with Crippen molar-refractivity contribution in [3.05, 3.63) is 0 Å². The minimum atomic E-state index is -0.0443. The molecule has 0 heterocycles. The van der Waals surface area contributed by atoms with Crippen LogP contribution in [0.15, 0.2) is 0 Å². The molecule has 1 rings (SSSR count). The highest BCUT2D eigenvalue weighted by Crippen LogP contribution is 2.17. The average molecular weight is 199 g/mol. The van der Waals surface area contributed by atoms with E-state index in [9.17, 15) is 4.79 Å². The summed E-state index contributed by atoms with van der Waals surface area (Å²) in [7, 11) is 0. The lowest BCUT2D eigenvalue weighted by atomic mass is 10.2. The normalized spacial score (nSPS) is 19.3. The number of hydrogen-bond donors (Lipinski definition) is 3. The van der Waals surface area contributed by atoms with Crippen LogP contribution < -0.4 is 16.4 Å². The van der Waals surface area contributed by atoms with Crippen LogP contribution in [0.2, 0.25) is 0 Å². The lowest BCUT2D eigenvalue weighted by molar-refractivity contribution is 0.235. The minimum Gasteiger partial charge on any atom is -0.338 e. The van der Waals surface area contributed by atoms with Crippen LogP contribution in [0.5, 0.6) is 0 Å². The molecule has 4 nitrogen and oxygen atoms in total. The monoisotopic (exact) mass is 199 g/mol. The van der Waals surface area contributed by atoms with Gasteiger partial charge in [-0.2, -0.15) is 0 Å². The van der Waals surface area contributed by atoms with Gasteiger partial charge >= 0.3 is 6.03 Å². The van der Waals surface area contributed by atoms with E-state index >= 15 is 0 Å². The zero-order valence-electron chi connectivity index (χ0n) is 8.88. The van der Waals surface area contributed by atoms with E-state index < -0.39 is 0 Å². The Kier molecular flexibility index (Phi) is 4.73. The molecule has 82 valence electrons. The molecule has 1 unspecified atom stereocenters. The van der Waals surface area contributed by atoms with Crippen molar-refractivity contribution in [3.63, 3.8) is 0 Å². The highest BCUT2D eigenvalue weighted by molar-refractivity contribution is 5.74. The highest BCUT2D eigenvalue weighted by atomic mass is 16.2. The van der Waals surface area contributed by atoms with Crippen molar-refractivity contribution in [2.45, 2.75) is 38.6 Å². The van der Waals surface area contributed by atoms with E-state index in [1.54, 1.807) is 0 Å². The number of rotatable bonds is 4. The maximum atomic E-state index is 11.4. The van der Waals surface area contributed by atoms with Crippen LogP contribution in [0.25, 0.3) is 0 Å². The Morgan fingerprint density at radius 3 is 2.71 bits per heavy atom. The maximum absolute atomic E-state index is 11.4. The molecule has 1 fully saturated rings. The molecule has 1 aliphatic rings. The number of carbonyl (C=O) groups is 1. The van der Waals surface area contributed by atoms with E-state index in [-0.39, 0.29) is 6.03 Å². The highest BCUT2D eigenvalue weighted by Gasteiger charge is 2.16. The first-order valence-electron chi connectivity index (χ1n) is 5.46. The van der Waals surface area contributed by atoms with Crippen molar-refractivity contribution in [2.24, 2.45) is 11.7 Å². The van der Waals surface area contributed by atoms with Crippen molar-refractivity contribution in [1.29, 1.82) is 0 Å². The van der Waals surface area contributed by atoms with Crippen LogP contribution in [-0.4, -0.2) is 25.2 Å². The van der Waals surface area contributed by atoms with Crippen molar-refractivity contribution < 1.29 is 4.79 Å². The number of carbonyl (C=O) groups excluding carboxylic acids is 1.